The molecular weight excluding hydrogens is 374 g/mol. The summed E-state index contributed by atoms with van der Waals surface area (Å²) in [6, 6.07) is 10.9. The van der Waals surface area contributed by atoms with Crippen molar-refractivity contribution in [1.29, 1.82) is 0 Å². The summed E-state index contributed by atoms with van der Waals surface area (Å²) in [4.78, 5) is 22.3. The second-order valence-electron chi connectivity index (χ2n) is 6.07. The van der Waals surface area contributed by atoms with Crippen LogP contribution in [-0.2, 0) is 6.54 Å². The molecule has 0 aliphatic heterocycles. The van der Waals surface area contributed by atoms with Crippen LogP contribution in [0, 0.1) is 10.1 Å². The van der Waals surface area contributed by atoms with E-state index in [1.165, 1.54) is 12.1 Å². The number of nitro benzene ring substituents is 1. The number of hydrogen-bond acceptors (Lipinski definition) is 6. The molecule has 1 heterocycles. The van der Waals surface area contributed by atoms with E-state index in [0.29, 0.717) is 21.9 Å². The lowest BCUT2D eigenvalue weighted by atomic mass is 10.2. The highest BCUT2D eigenvalue weighted by atomic mass is 35.5. The van der Waals surface area contributed by atoms with Crippen LogP contribution < -0.4 is 10.5 Å². The summed E-state index contributed by atoms with van der Waals surface area (Å²) in [5.41, 5.74) is 1.20. The minimum Gasteiger partial charge on any atom is -0.489 e. The van der Waals surface area contributed by atoms with Gasteiger partial charge in [-0.25, -0.2) is 4.79 Å². The van der Waals surface area contributed by atoms with Crippen molar-refractivity contribution in [2.45, 2.75) is 26.5 Å². The lowest BCUT2D eigenvalue weighted by molar-refractivity contribution is -0.384. The molecule has 3 rings (SSSR count). The number of benzene rings is 2. The molecule has 0 radical (unpaired) electrons. The Balaban J connectivity index is 1.83. The van der Waals surface area contributed by atoms with Gasteiger partial charge in [-0.05, 0) is 37.6 Å². The Kier molecular flexibility index (Phi) is 5.27. The van der Waals surface area contributed by atoms with E-state index in [-0.39, 0.29) is 24.2 Å². The maximum atomic E-state index is 12.1. The fraction of sp³-hybridized carbons (Fsp3) is 0.222. The highest BCUT2D eigenvalue weighted by molar-refractivity contribution is 6.32. The Bertz CT molecular complexity index is 1020. The Morgan fingerprint density at radius 3 is 2.56 bits per heavy atom. The summed E-state index contributed by atoms with van der Waals surface area (Å²) < 4.78 is 11.9. The number of ether oxygens (including phenoxy) is 1. The van der Waals surface area contributed by atoms with Crippen molar-refractivity contribution < 1.29 is 14.1 Å². The molecule has 0 unspecified atom stereocenters. The molecule has 0 N–H and O–H groups in total. The molecule has 0 fully saturated rings. The predicted molar refractivity (Wildman–Crippen MR) is 99.2 cm³/mol. The normalized spacial score (nSPS) is 11.0. The first kappa shape index (κ1) is 18.7. The Labute approximate surface area is 159 Å². The van der Waals surface area contributed by atoms with Gasteiger partial charge in [0.2, 0.25) is 5.89 Å². The minimum atomic E-state index is -0.637. The molecule has 0 saturated heterocycles. The monoisotopic (exact) mass is 389 g/mol. The molecule has 0 saturated carbocycles. The molecule has 0 aliphatic rings. The number of nitrogens with zero attached hydrogens (tertiary/aromatic N) is 3. The zero-order valence-electron chi connectivity index (χ0n) is 14.6. The third kappa shape index (κ3) is 4.35. The van der Waals surface area contributed by atoms with E-state index in [1.54, 1.807) is 30.3 Å². The fourth-order valence-corrected chi connectivity index (χ4v) is 2.63. The molecule has 3 aromatic rings. The van der Waals surface area contributed by atoms with Crippen LogP contribution in [0.3, 0.4) is 0 Å². The van der Waals surface area contributed by atoms with Gasteiger partial charge in [-0.3, -0.25) is 10.1 Å². The van der Waals surface area contributed by atoms with Crippen molar-refractivity contribution in [1.82, 2.24) is 9.78 Å². The smallest absolute Gasteiger partial charge is 0.437 e. The van der Waals surface area contributed by atoms with E-state index in [1.807, 2.05) is 13.8 Å². The summed E-state index contributed by atoms with van der Waals surface area (Å²) >= 11 is 6.21. The number of hydrogen-bond donors (Lipinski definition) is 0. The van der Waals surface area contributed by atoms with Gasteiger partial charge in [0.05, 0.1) is 22.6 Å². The SMILES string of the molecule is CC(C)Oc1ccc(-c2nn(Cc3ccc([N+](=O)[O-])cc3)c(=O)o2)cc1Cl. The van der Waals surface area contributed by atoms with E-state index in [4.69, 9.17) is 20.8 Å². The van der Waals surface area contributed by atoms with Crippen molar-refractivity contribution in [2.24, 2.45) is 0 Å². The van der Waals surface area contributed by atoms with Gasteiger partial charge in [-0.15, -0.1) is 5.10 Å². The van der Waals surface area contributed by atoms with Crippen LogP contribution in [0.15, 0.2) is 51.7 Å². The Morgan fingerprint density at radius 1 is 1.26 bits per heavy atom. The average molecular weight is 390 g/mol. The molecule has 9 heteroatoms. The summed E-state index contributed by atoms with van der Waals surface area (Å²) in [6.45, 7) is 3.91. The highest BCUT2D eigenvalue weighted by Gasteiger charge is 2.14. The maximum absolute atomic E-state index is 12.1. The average Bonchev–Trinajstić information content (AvgIpc) is 2.97. The van der Waals surface area contributed by atoms with Gasteiger partial charge in [-0.2, -0.15) is 4.68 Å². The molecule has 140 valence electrons. The van der Waals surface area contributed by atoms with E-state index in [2.05, 4.69) is 5.10 Å². The molecule has 0 aliphatic carbocycles. The molecule has 1 aromatic heterocycles. The van der Waals surface area contributed by atoms with Crippen LogP contribution in [0.5, 0.6) is 5.75 Å². The number of nitro groups is 1. The second kappa shape index (κ2) is 7.63. The molecule has 8 nitrogen and oxygen atoms in total. The molecule has 2 aromatic carbocycles. The van der Waals surface area contributed by atoms with Crippen molar-refractivity contribution in [3.05, 3.63) is 73.7 Å². The van der Waals surface area contributed by atoms with Crippen molar-refractivity contribution in [3.8, 4) is 17.2 Å². The number of rotatable bonds is 6. The first-order valence-electron chi connectivity index (χ1n) is 8.11. The van der Waals surface area contributed by atoms with Crippen LogP contribution in [0.25, 0.3) is 11.5 Å². The van der Waals surface area contributed by atoms with Gasteiger partial charge in [0.15, 0.2) is 0 Å². The molecule has 0 amide bonds. The van der Waals surface area contributed by atoms with Gasteiger partial charge in [-0.1, -0.05) is 23.7 Å². The summed E-state index contributed by atoms with van der Waals surface area (Å²) in [5.74, 6) is 0.0185. The quantitative estimate of drug-likeness (QED) is 0.468. The minimum absolute atomic E-state index is 0.0211. The number of halogens is 1. The van der Waals surface area contributed by atoms with E-state index < -0.39 is 10.7 Å². The van der Waals surface area contributed by atoms with E-state index >= 15 is 0 Å². The maximum Gasteiger partial charge on any atom is 0.437 e. The predicted octanol–water partition coefficient (Wildman–Crippen LogP) is 3.90. The van der Waals surface area contributed by atoms with E-state index in [0.717, 1.165) is 4.68 Å². The van der Waals surface area contributed by atoms with Crippen molar-refractivity contribution in [2.75, 3.05) is 0 Å². The number of aromatic nitrogens is 2. The van der Waals surface area contributed by atoms with Crippen LogP contribution in [0.2, 0.25) is 5.02 Å². The highest BCUT2D eigenvalue weighted by Crippen LogP contribution is 2.30. The lowest BCUT2D eigenvalue weighted by Crippen LogP contribution is -2.16. The van der Waals surface area contributed by atoms with E-state index in [9.17, 15) is 14.9 Å². The van der Waals surface area contributed by atoms with Gasteiger partial charge in [0, 0.05) is 17.7 Å². The summed E-state index contributed by atoms with van der Waals surface area (Å²) in [6.07, 6.45) is -0.0211. The first-order chi connectivity index (χ1) is 12.8. The van der Waals surface area contributed by atoms with Crippen LogP contribution >= 0.6 is 11.6 Å². The second-order valence-corrected chi connectivity index (χ2v) is 6.47. The topological polar surface area (TPSA) is 100 Å². The number of non-ortho nitro benzene ring substituents is 1. The van der Waals surface area contributed by atoms with Crippen LogP contribution in [0.4, 0.5) is 5.69 Å². The summed E-state index contributed by atoms with van der Waals surface area (Å²) in [7, 11) is 0. The van der Waals surface area contributed by atoms with Crippen LogP contribution in [0.1, 0.15) is 19.4 Å². The molecular formula is C18H16ClN3O5. The Morgan fingerprint density at radius 2 is 1.96 bits per heavy atom. The zero-order chi connectivity index (χ0) is 19.6. The standard InChI is InChI=1S/C18H16ClN3O5/c1-11(2)26-16-8-5-13(9-15(16)19)17-20-21(18(23)27-17)10-12-3-6-14(7-4-12)22(24)25/h3-9,11H,10H2,1-2H3. The van der Waals surface area contributed by atoms with Gasteiger partial charge in [0.1, 0.15) is 5.75 Å². The van der Waals surface area contributed by atoms with Gasteiger partial charge < -0.3 is 9.15 Å². The molecule has 0 bridgehead atoms. The lowest BCUT2D eigenvalue weighted by Gasteiger charge is -2.11. The summed E-state index contributed by atoms with van der Waals surface area (Å²) in [5, 5.41) is 15.3. The van der Waals surface area contributed by atoms with Crippen LogP contribution in [-0.4, -0.2) is 20.8 Å². The molecule has 0 atom stereocenters. The Hall–Kier alpha value is -3.13. The third-order valence-electron chi connectivity index (χ3n) is 3.63. The van der Waals surface area contributed by atoms with Gasteiger partial charge in [0.25, 0.3) is 5.69 Å². The zero-order valence-corrected chi connectivity index (χ0v) is 15.3. The van der Waals surface area contributed by atoms with Gasteiger partial charge >= 0.3 is 5.76 Å². The van der Waals surface area contributed by atoms with Crippen molar-refractivity contribution >= 4 is 17.3 Å². The van der Waals surface area contributed by atoms with Crippen molar-refractivity contribution in [3.63, 3.8) is 0 Å². The fourth-order valence-electron chi connectivity index (χ4n) is 2.40. The third-order valence-corrected chi connectivity index (χ3v) is 3.92. The first-order valence-corrected chi connectivity index (χ1v) is 8.49. The molecule has 0 spiro atoms. The largest absolute Gasteiger partial charge is 0.489 e. The molecule has 27 heavy (non-hydrogen) atoms.